The van der Waals surface area contributed by atoms with Crippen molar-refractivity contribution in [1.82, 2.24) is 4.98 Å². The minimum absolute atomic E-state index is 0.00943. The molecule has 1 saturated heterocycles. The largest absolute Gasteiger partial charge is 0.507 e. The summed E-state index contributed by atoms with van der Waals surface area (Å²) in [6, 6.07) is 9.34. The van der Waals surface area contributed by atoms with Gasteiger partial charge in [-0.15, -0.1) is 0 Å². The average Bonchev–Trinajstić information content (AvgIpc) is 3.66. The number of carbonyl (C=O) groups excluding carboxylic acids is 3. The first-order chi connectivity index (χ1) is 21.2. The minimum Gasteiger partial charge on any atom is -0.507 e. The van der Waals surface area contributed by atoms with E-state index >= 15 is 0 Å². The first-order valence-electron chi connectivity index (χ1n) is 14.7. The van der Waals surface area contributed by atoms with E-state index in [4.69, 9.17) is 18.9 Å². The van der Waals surface area contributed by atoms with Crippen LogP contribution in [0, 0.1) is 6.92 Å². The number of hydrogen-bond acceptors (Lipinski definition) is 10. The summed E-state index contributed by atoms with van der Waals surface area (Å²) in [5.41, 5.74) is 2.04. The molecule has 44 heavy (non-hydrogen) atoms. The topological polar surface area (TPSA) is 124 Å². The first-order valence-corrected chi connectivity index (χ1v) is 15.6. The molecule has 1 N–H and O–H groups in total. The van der Waals surface area contributed by atoms with Crippen LogP contribution in [0.25, 0.3) is 5.76 Å². The summed E-state index contributed by atoms with van der Waals surface area (Å²) >= 11 is 0.944. The number of ether oxygens (including phenoxy) is 4. The van der Waals surface area contributed by atoms with Crippen molar-refractivity contribution < 1.29 is 38.4 Å². The normalized spacial score (nSPS) is 18.7. The number of aryl methyl sites for hydroxylation is 1. The van der Waals surface area contributed by atoms with Crippen LogP contribution < -0.4 is 19.1 Å². The van der Waals surface area contributed by atoms with Gasteiger partial charge in [0.15, 0.2) is 16.6 Å². The first kappa shape index (κ1) is 31.1. The summed E-state index contributed by atoms with van der Waals surface area (Å²) in [5.74, 6) is -0.971. The molecule has 0 unspecified atom stereocenters. The van der Waals surface area contributed by atoms with E-state index in [1.165, 1.54) is 12.0 Å². The molecule has 0 aliphatic carbocycles. The summed E-state index contributed by atoms with van der Waals surface area (Å²) in [7, 11) is 1.26. The van der Waals surface area contributed by atoms with Crippen LogP contribution in [0.15, 0.2) is 42.0 Å². The Kier molecular flexibility index (Phi) is 9.24. The number of rotatable bonds is 11. The van der Waals surface area contributed by atoms with Gasteiger partial charge < -0.3 is 24.1 Å². The maximum Gasteiger partial charge on any atom is 0.350 e. The third-order valence-electron chi connectivity index (χ3n) is 7.56. The van der Waals surface area contributed by atoms with Crippen LogP contribution in [0.5, 0.6) is 17.2 Å². The lowest BCUT2D eigenvalue weighted by Gasteiger charge is -2.24. The number of aliphatic hydroxyl groups excluding tert-OH is 1. The van der Waals surface area contributed by atoms with Crippen LogP contribution in [0.1, 0.15) is 78.1 Å². The molecule has 11 heteroatoms. The zero-order valence-electron chi connectivity index (χ0n) is 25.5. The van der Waals surface area contributed by atoms with Crippen molar-refractivity contribution in [3.8, 4) is 17.2 Å². The van der Waals surface area contributed by atoms with Gasteiger partial charge in [-0.3, -0.25) is 14.5 Å². The Hall–Kier alpha value is -4.38. The highest BCUT2D eigenvalue weighted by Crippen LogP contribution is 2.46. The number of hydrogen-bond donors (Lipinski definition) is 1. The van der Waals surface area contributed by atoms with E-state index in [2.05, 4.69) is 11.9 Å². The van der Waals surface area contributed by atoms with Crippen LogP contribution in [0.3, 0.4) is 0 Å². The van der Waals surface area contributed by atoms with E-state index in [-0.39, 0.29) is 27.4 Å². The molecule has 0 radical (unpaired) electrons. The maximum atomic E-state index is 13.7. The number of aliphatic hydroxyl groups is 1. The van der Waals surface area contributed by atoms with Gasteiger partial charge >= 0.3 is 11.9 Å². The number of Topliss-reactive ketones (excluding diaryl/α,β-unsaturated/α-hetero) is 1. The van der Waals surface area contributed by atoms with Gasteiger partial charge in [-0.25, -0.2) is 9.78 Å². The fourth-order valence-electron chi connectivity index (χ4n) is 5.45. The highest BCUT2D eigenvalue weighted by atomic mass is 32.1. The van der Waals surface area contributed by atoms with Crippen LogP contribution in [0.2, 0.25) is 0 Å². The lowest BCUT2D eigenvalue weighted by atomic mass is 9.94. The van der Waals surface area contributed by atoms with E-state index in [1.54, 1.807) is 43.3 Å². The number of anilines is 1. The molecule has 1 fully saturated rings. The van der Waals surface area contributed by atoms with Crippen molar-refractivity contribution in [3.63, 3.8) is 0 Å². The molecule has 1 aromatic heterocycles. The quantitative estimate of drug-likeness (QED) is 0.0883. The fraction of sp³-hybridized carbons (Fsp3) is 0.394. The van der Waals surface area contributed by atoms with Crippen LogP contribution in [-0.2, 0) is 20.7 Å². The third-order valence-corrected chi connectivity index (χ3v) is 8.70. The second kappa shape index (κ2) is 13.1. The molecule has 3 heterocycles. The number of thiazole rings is 1. The van der Waals surface area contributed by atoms with Gasteiger partial charge in [0, 0.05) is 12.0 Å². The molecule has 3 aromatic rings. The SMILES string of the molecule is CCCCCOc1ccc([C@H]2C(=C(O)c3ccc4c(c3)C[C@@H](C)O4)C(=O)C(=O)N2c2nc(C)c(C(=O)OC)s2)cc1OCC. The zero-order chi connectivity index (χ0) is 31.5. The molecule has 0 spiro atoms. The van der Waals surface area contributed by atoms with Crippen molar-refractivity contribution in [2.24, 2.45) is 0 Å². The Morgan fingerprint density at radius 3 is 2.64 bits per heavy atom. The number of ketones is 1. The molecule has 2 aliphatic rings. The van der Waals surface area contributed by atoms with E-state index < -0.39 is 23.7 Å². The summed E-state index contributed by atoms with van der Waals surface area (Å²) in [4.78, 5) is 45.8. The van der Waals surface area contributed by atoms with Crippen molar-refractivity contribution in [1.29, 1.82) is 0 Å². The second-order valence-electron chi connectivity index (χ2n) is 10.7. The number of methoxy groups -OCH3 is 1. The summed E-state index contributed by atoms with van der Waals surface area (Å²) in [5, 5.41) is 11.8. The number of nitrogens with zero attached hydrogens (tertiary/aromatic N) is 2. The molecule has 2 aromatic carbocycles. The fourth-order valence-corrected chi connectivity index (χ4v) is 6.47. The number of benzene rings is 2. The molecule has 10 nitrogen and oxygen atoms in total. The van der Waals surface area contributed by atoms with Gasteiger partial charge in [0.2, 0.25) is 0 Å². The Morgan fingerprint density at radius 2 is 1.91 bits per heavy atom. The van der Waals surface area contributed by atoms with E-state index in [9.17, 15) is 19.5 Å². The molecular formula is C33H36N2O8S. The van der Waals surface area contributed by atoms with Gasteiger partial charge in [-0.1, -0.05) is 37.2 Å². The predicted octanol–water partition coefficient (Wildman–Crippen LogP) is 6.16. The van der Waals surface area contributed by atoms with Crippen LogP contribution in [-0.4, -0.2) is 54.2 Å². The number of carbonyl (C=O) groups is 3. The van der Waals surface area contributed by atoms with Crippen molar-refractivity contribution in [3.05, 3.63) is 69.2 Å². The lowest BCUT2D eigenvalue weighted by Crippen LogP contribution is -2.29. The van der Waals surface area contributed by atoms with E-state index in [0.717, 1.165) is 41.9 Å². The Bertz CT molecular complexity index is 1630. The molecule has 1 amide bonds. The van der Waals surface area contributed by atoms with E-state index in [0.29, 0.717) is 48.0 Å². The molecule has 2 atom stereocenters. The summed E-state index contributed by atoms with van der Waals surface area (Å²) in [6.45, 7) is 8.43. The van der Waals surface area contributed by atoms with Gasteiger partial charge in [0.1, 0.15) is 22.5 Å². The van der Waals surface area contributed by atoms with Crippen LogP contribution >= 0.6 is 11.3 Å². The predicted molar refractivity (Wildman–Crippen MR) is 166 cm³/mol. The standard InChI is InChI=1S/C33H36N2O8S/c1-6-8-9-14-42-24-13-10-20(17-25(24)41-7-2)27-26(28(36)21-11-12-23-22(16-21)15-18(3)43-23)29(37)31(38)35(27)33-34-19(4)30(44-33)32(39)40-5/h10-13,16-18,27,36H,6-9,14-15H2,1-5H3/t18-,27+/m1/s1. The Balaban J connectivity index is 1.65. The highest BCUT2D eigenvalue weighted by molar-refractivity contribution is 7.17. The molecule has 232 valence electrons. The summed E-state index contributed by atoms with van der Waals surface area (Å²) < 4.78 is 22.6. The number of unbranched alkanes of at least 4 members (excludes halogenated alkanes) is 2. The monoisotopic (exact) mass is 620 g/mol. The molecular weight excluding hydrogens is 584 g/mol. The molecule has 0 bridgehead atoms. The van der Waals surface area contributed by atoms with Gasteiger partial charge in [0.25, 0.3) is 5.78 Å². The number of amides is 1. The maximum absolute atomic E-state index is 13.7. The number of fused-ring (bicyclic) bond motifs is 1. The number of aromatic nitrogens is 1. The van der Waals surface area contributed by atoms with E-state index in [1.807, 2.05) is 13.8 Å². The minimum atomic E-state index is -1.07. The molecule has 2 aliphatic heterocycles. The lowest BCUT2D eigenvalue weighted by molar-refractivity contribution is -0.132. The van der Waals surface area contributed by atoms with Gasteiger partial charge in [0.05, 0.1) is 37.6 Å². The van der Waals surface area contributed by atoms with Crippen molar-refractivity contribution in [2.45, 2.75) is 65.5 Å². The molecule has 5 rings (SSSR count). The smallest absolute Gasteiger partial charge is 0.350 e. The Labute approximate surface area is 260 Å². The van der Waals surface area contributed by atoms with Gasteiger partial charge in [-0.2, -0.15) is 0 Å². The molecule has 0 saturated carbocycles. The number of esters is 1. The zero-order valence-corrected chi connectivity index (χ0v) is 26.3. The third kappa shape index (κ3) is 5.88. The van der Waals surface area contributed by atoms with Crippen LogP contribution in [0.4, 0.5) is 5.13 Å². The highest BCUT2D eigenvalue weighted by Gasteiger charge is 2.49. The Morgan fingerprint density at radius 1 is 1.11 bits per heavy atom. The van der Waals surface area contributed by atoms with Crippen molar-refractivity contribution in [2.75, 3.05) is 25.2 Å². The second-order valence-corrected chi connectivity index (χ2v) is 11.7. The van der Waals surface area contributed by atoms with Crippen molar-refractivity contribution >= 4 is 39.9 Å². The van der Waals surface area contributed by atoms with Gasteiger partial charge in [-0.05, 0) is 68.7 Å². The summed E-state index contributed by atoms with van der Waals surface area (Å²) in [6.07, 6.45) is 3.62. The average molecular weight is 621 g/mol.